The first-order valence-corrected chi connectivity index (χ1v) is 7.79. The molecule has 2 aliphatic rings. The zero-order valence-electron chi connectivity index (χ0n) is 11.8. The minimum atomic E-state index is -1.10. The minimum Gasteiger partial charge on any atom is -0.492 e. The van der Waals surface area contributed by atoms with Gasteiger partial charge in [-0.15, -0.1) is 0 Å². The number of halogens is 2. The maximum atomic E-state index is 6.48. The van der Waals surface area contributed by atoms with E-state index in [1.54, 1.807) is 0 Å². The molecule has 1 aromatic carbocycles. The Balaban J connectivity index is 2.15. The van der Waals surface area contributed by atoms with Crippen molar-refractivity contribution in [1.82, 2.24) is 10.6 Å². The average molecular weight is 372 g/mol. The van der Waals surface area contributed by atoms with Crippen LogP contribution in [0.3, 0.4) is 0 Å². The largest absolute Gasteiger partial charge is 0.492 e. The second kappa shape index (κ2) is 5.19. The maximum absolute atomic E-state index is 6.48. The van der Waals surface area contributed by atoms with Crippen molar-refractivity contribution in [2.45, 2.75) is 19.1 Å². The Kier molecular flexibility index (Phi) is 3.63. The van der Waals surface area contributed by atoms with Gasteiger partial charge in [-0.2, -0.15) is 0 Å². The topological polar surface area (TPSA) is 71.7 Å². The smallest absolute Gasteiger partial charge is 0.212 e. The molecule has 2 aliphatic heterocycles. The Morgan fingerprint density at radius 1 is 1.57 bits per heavy atom. The van der Waals surface area contributed by atoms with Crippen LogP contribution in [0.2, 0.25) is 5.02 Å². The number of hydrogen-bond donors (Lipinski definition) is 3. The molecule has 7 heteroatoms. The Labute approximate surface area is 136 Å². The Morgan fingerprint density at radius 3 is 3.05 bits per heavy atom. The highest BCUT2D eigenvalue weighted by Gasteiger charge is 2.35. The number of nitrogens with two attached hydrogens (primary N) is 1. The molecule has 112 valence electrons. The summed E-state index contributed by atoms with van der Waals surface area (Å²) in [5.41, 5.74) is 9.20. The van der Waals surface area contributed by atoms with Crippen molar-refractivity contribution in [2.75, 3.05) is 13.7 Å². The van der Waals surface area contributed by atoms with Gasteiger partial charge in [0.1, 0.15) is 11.6 Å². The third kappa shape index (κ3) is 2.41. The van der Waals surface area contributed by atoms with E-state index < -0.39 is 5.79 Å². The van der Waals surface area contributed by atoms with Crippen LogP contribution in [0.25, 0.3) is 0 Å². The van der Waals surface area contributed by atoms with Crippen LogP contribution in [0.1, 0.15) is 18.1 Å². The monoisotopic (exact) mass is 370 g/mol. The summed E-state index contributed by atoms with van der Waals surface area (Å²) in [4.78, 5) is 4.53. The van der Waals surface area contributed by atoms with E-state index in [1.165, 1.54) is 0 Å². The normalized spacial score (nSPS) is 23.7. The van der Waals surface area contributed by atoms with E-state index in [0.29, 0.717) is 17.5 Å². The highest BCUT2D eigenvalue weighted by Crippen LogP contribution is 2.43. The molecule has 0 bridgehead atoms. The van der Waals surface area contributed by atoms with E-state index in [1.807, 2.05) is 26.1 Å². The molecule has 0 aliphatic carbocycles. The number of likely N-dealkylation sites (N-methyl/N-ethyl adjacent to an activating group) is 1. The molecular weight excluding hydrogens is 356 g/mol. The highest BCUT2D eigenvalue weighted by atomic mass is 79.9. The summed E-state index contributed by atoms with van der Waals surface area (Å²) in [5, 5.41) is 6.73. The molecule has 1 atom stereocenters. The number of fused-ring (bicyclic) bond motifs is 1. The van der Waals surface area contributed by atoms with Gasteiger partial charge in [0, 0.05) is 24.7 Å². The van der Waals surface area contributed by atoms with E-state index in [4.69, 9.17) is 22.1 Å². The number of ether oxygens (including phenoxy) is 1. The van der Waals surface area contributed by atoms with E-state index in [2.05, 4.69) is 31.6 Å². The second-order valence-corrected chi connectivity index (χ2v) is 6.28. The highest BCUT2D eigenvalue weighted by molar-refractivity contribution is 9.10. The molecule has 3 rings (SSSR count). The lowest BCUT2D eigenvalue weighted by atomic mass is 10.0. The quantitative estimate of drug-likeness (QED) is 0.708. The van der Waals surface area contributed by atoms with Crippen molar-refractivity contribution in [3.8, 4) is 5.75 Å². The zero-order valence-corrected chi connectivity index (χ0v) is 14.1. The summed E-state index contributed by atoms with van der Waals surface area (Å²) < 4.78 is 6.33. The van der Waals surface area contributed by atoms with Crippen LogP contribution in [0.5, 0.6) is 5.75 Å². The van der Waals surface area contributed by atoms with Crippen LogP contribution < -0.4 is 21.1 Å². The summed E-state index contributed by atoms with van der Waals surface area (Å²) in [7, 11) is 1.81. The summed E-state index contributed by atoms with van der Waals surface area (Å²) >= 11 is 9.98. The Bertz CT molecular complexity index is 673. The zero-order chi connectivity index (χ0) is 15.2. The molecule has 0 aromatic heterocycles. The van der Waals surface area contributed by atoms with Crippen molar-refractivity contribution >= 4 is 33.4 Å². The van der Waals surface area contributed by atoms with E-state index in [0.717, 1.165) is 33.5 Å². The number of allylic oxidation sites excluding steroid dienone is 1. The average Bonchev–Trinajstić information content (AvgIpc) is 2.90. The van der Waals surface area contributed by atoms with Crippen molar-refractivity contribution in [1.29, 1.82) is 0 Å². The van der Waals surface area contributed by atoms with E-state index >= 15 is 0 Å². The lowest BCUT2D eigenvalue weighted by Crippen LogP contribution is -2.51. The molecule has 0 amide bonds. The van der Waals surface area contributed by atoms with Gasteiger partial charge in [0.15, 0.2) is 0 Å². The minimum absolute atomic E-state index is 0.513. The van der Waals surface area contributed by atoms with Gasteiger partial charge in [0.05, 0.1) is 16.1 Å². The fourth-order valence-electron chi connectivity index (χ4n) is 2.59. The van der Waals surface area contributed by atoms with Crippen molar-refractivity contribution in [3.63, 3.8) is 0 Å². The van der Waals surface area contributed by atoms with Crippen molar-refractivity contribution < 1.29 is 4.74 Å². The molecule has 0 fully saturated rings. The van der Waals surface area contributed by atoms with Crippen LogP contribution in [0.15, 0.2) is 27.3 Å². The predicted octanol–water partition coefficient (Wildman–Crippen LogP) is 2.23. The first-order valence-electron chi connectivity index (χ1n) is 6.61. The molecule has 1 unspecified atom stereocenters. The van der Waals surface area contributed by atoms with Crippen molar-refractivity contribution in [3.05, 3.63) is 38.5 Å². The summed E-state index contributed by atoms with van der Waals surface area (Å²) in [6, 6.07) is 1.97. The number of rotatable bonds is 1. The Hall–Kier alpha value is -1.24. The number of hydrogen-bond acceptors (Lipinski definition) is 5. The van der Waals surface area contributed by atoms with E-state index in [-0.39, 0.29) is 0 Å². The van der Waals surface area contributed by atoms with Crippen LogP contribution in [-0.4, -0.2) is 19.5 Å². The molecule has 21 heavy (non-hydrogen) atoms. The first kappa shape index (κ1) is 14.7. The molecule has 0 radical (unpaired) electrons. The number of benzene rings is 1. The van der Waals surface area contributed by atoms with Gasteiger partial charge in [-0.3, -0.25) is 5.73 Å². The third-order valence-corrected chi connectivity index (χ3v) is 4.94. The van der Waals surface area contributed by atoms with Gasteiger partial charge < -0.3 is 15.4 Å². The fourth-order valence-corrected chi connectivity index (χ4v) is 3.46. The second-order valence-electron chi connectivity index (χ2n) is 5.10. The summed E-state index contributed by atoms with van der Waals surface area (Å²) in [6.45, 7) is 2.59. The summed E-state index contributed by atoms with van der Waals surface area (Å²) in [5.74, 6) is 0.403. The SMILES string of the molecule is CNC1=NC(N)(c2cc3c(c(Br)c2Cl)OCC3)NC(C)=C1. The molecule has 0 saturated heterocycles. The number of aliphatic imine (C=N–C) groups is 1. The van der Waals surface area contributed by atoms with Gasteiger partial charge in [0.2, 0.25) is 5.79 Å². The number of nitrogens with zero attached hydrogens (tertiary/aromatic N) is 1. The van der Waals surface area contributed by atoms with Crippen molar-refractivity contribution in [2.24, 2.45) is 10.7 Å². The van der Waals surface area contributed by atoms with Crippen LogP contribution in [0, 0.1) is 0 Å². The van der Waals surface area contributed by atoms with Gasteiger partial charge >= 0.3 is 0 Å². The molecule has 5 nitrogen and oxygen atoms in total. The van der Waals surface area contributed by atoms with Gasteiger partial charge in [-0.1, -0.05) is 11.6 Å². The predicted molar refractivity (Wildman–Crippen MR) is 87.6 cm³/mol. The molecule has 0 saturated carbocycles. The van der Waals surface area contributed by atoms with Gasteiger partial charge in [-0.25, -0.2) is 4.99 Å². The lowest BCUT2D eigenvalue weighted by molar-refractivity contribution is 0.354. The van der Waals surface area contributed by atoms with Crippen LogP contribution >= 0.6 is 27.5 Å². The van der Waals surface area contributed by atoms with Gasteiger partial charge in [0.25, 0.3) is 0 Å². The number of nitrogens with one attached hydrogen (secondary N) is 2. The first-order chi connectivity index (χ1) is 9.94. The number of amidine groups is 1. The molecule has 4 N–H and O–H groups in total. The van der Waals surface area contributed by atoms with E-state index in [9.17, 15) is 0 Å². The fraction of sp³-hybridized carbons (Fsp3) is 0.357. The molecule has 0 spiro atoms. The van der Waals surface area contributed by atoms with Crippen LogP contribution in [0.4, 0.5) is 0 Å². The lowest BCUT2D eigenvalue weighted by Gasteiger charge is -2.33. The molecule has 2 heterocycles. The Morgan fingerprint density at radius 2 is 2.33 bits per heavy atom. The third-order valence-electron chi connectivity index (χ3n) is 3.56. The maximum Gasteiger partial charge on any atom is 0.212 e. The molecular formula is C14H16BrClN4O. The van der Waals surface area contributed by atoms with Gasteiger partial charge in [-0.05, 0) is 40.6 Å². The molecule has 1 aromatic rings. The summed E-state index contributed by atoms with van der Waals surface area (Å²) in [6.07, 6.45) is 2.73. The van der Waals surface area contributed by atoms with Crippen LogP contribution in [-0.2, 0) is 12.2 Å². The standard InChI is InChI=1S/C14H16BrClN4O/c1-7-5-10(18-2)20-14(17,19-7)9-6-8-3-4-21-13(8)11(15)12(9)16/h5-6,19H,3-4,17H2,1-2H3,(H,18,20).